The van der Waals surface area contributed by atoms with Crippen molar-refractivity contribution in [2.75, 3.05) is 24.5 Å². The van der Waals surface area contributed by atoms with Crippen LogP contribution in [0.2, 0.25) is 0 Å². The summed E-state index contributed by atoms with van der Waals surface area (Å²) in [5, 5.41) is 5.40. The molecule has 2 fully saturated rings. The van der Waals surface area contributed by atoms with Gasteiger partial charge in [0.2, 0.25) is 11.8 Å². The lowest BCUT2D eigenvalue weighted by molar-refractivity contribution is -0.130. The molecule has 0 spiro atoms. The number of carbonyl (C=O) groups is 4. The first-order chi connectivity index (χ1) is 18.4. The van der Waals surface area contributed by atoms with E-state index in [-0.39, 0.29) is 24.9 Å². The van der Waals surface area contributed by atoms with Gasteiger partial charge in [-0.2, -0.15) is 0 Å². The predicted molar refractivity (Wildman–Crippen MR) is 141 cm³/mol. The summed E-state index contributed by atoms with van der Waals surface area (Å²) in [6.45, 7) is 7.79. The molecule has 0 saturated carbocycles. The summed E-state index contributed by atoms with van der Waals surface area (Å²) in [5.74, 6) is -0.969. The normalized spacial score (nSPS) is 18.7. The zero-order chi connectivity index (χ0) is 28.3. The lowest BCUT2D eigenvalue weighted by Crippen LogP contribution is -2.59. The number of likely N-dealkylation sites (tertiary alicyclic amines) is 1. The minimum Gasteiger partial charge on any atom is -0.444 e. The molecule has 39 heavy (non-hydrogen) atoms. The third-order valence-corrected chi connectivity index (χ3v) is 6.39. The topological polar surface area (TPSA) is 117 Å². The Hall–Kier alpha value is -4.15. The minimum absolute atomic E-state index is 0.115. The number of cyclic esters (lactones) is 1. The van der Waals surface area contributed by atoms with E-state index in [0.29, 0.717) is 41.9 Å². The van der Waals surface area contributed by atoms with Gasteiger partial charge in [-0.05, 0) is 56.5 Å². The highest BCUT2D eigenvalue weighted by molar-refractivity contribution is 5.90. The van der Waals surface area contributed by atoms with Crippen LogP contribution in [0.15, 0.2) is 42.5 Å². The van der Waals surface area contributed by atoms with Gasteiger partial charge in [0.05, 0.1) is 13.1 Å². The van der Waals surface area contributed by atoms with Crippen LogP contribution in [0, 0.1) is 5.82 Å². The van der Waals surface area contributed by atoms with Gasteiger partial charge in [0, 0.05) is 31.3 Å². The van der Waals surface area contributed by atoms with E-state index >= 15 is 0 Å². The fourth-order valence-corrected chi connectivity index (χ4v) is 4.33. The van der Waals surface area contributed by atoms with Crippen LogP contribution in [0.1, 0.15) is 39.7 Å². The Balaban J connectivity index is 1.33. The lowest BCUT2D eigenvalue weighted by atomic mass is 10.0. The molecular weight excluding hydrogens is 507 g/mol. The Morgan fingerprint density at radius 3 is 2.41 bits per heavy atom. The molecule has 2 aromatic rings. The van der Waals surface area contributed by atoms with Crippen molar-refractivity contribution in [1.29, 1.82) is 0 Å². The molecule has 2 aromatic carbocycles. The SMILES string of the molecule is CC(=O)NC[C@H]1CN(c2ccc(-c3ccc(CNC(=O)C4CCN4C(=O)OC(C)(C)C)cc3F)cc2)C(=O)O1. The maximum atomic E-state index is 15.0. The number of nitrogens with zero attached hydrogens (tertiary/aromatic N) is 2. The summed E-state index contributed by atoms with van der Waals surface area (Å²) in [6, 6.07) is 11.0. The van der Waals surface area contributed by atoms with E-state index in [2.05, 4.69) is 10.6 Å². The second kappa shape index (κ2) is 11.3. The van der Waals surface area contributed by atoms with Crippen molar-refractivity contribution >= 4 is 29.7 Å². The van der Waals surface area contributed by atoms with E-state index in [1.54, 1.807) is 57.2 Å². The number of benzene rings is 2. The van der Waals surface area contributed by atoms with Gasteiger partial charge >= 0.3 is 12.2 Å². The summed E-state index contributed by atoms with van der Waals surface area (Å²) >= 11 is 0. The molecule has 208 valence electrons. The van der Waals surface area contributed by atoms with Crippen molar-refractivity contribution < 1.29 is 33.0 Å². The number of ether oxygens (including phenoxy) is 2. The first-order valence-corrected chi connectivity index (χ1v) is 12.8. The fraction of sp³-hybridized carbons (Fsp3) is 0.429. The van der Waals surface area contributed by atoms with Crippen LogP contribution in [0.3, 0.4) is 0 Å². The van der Waals surface area contributed by atoms with Crippen LogP contribution < -0.4 is 15.5 Å². The summed E-state index contributed by atoms with van der Waals surface area (Å²) < 4.78 is 25.6. The number of carbonyl (C=O) groups excluding carboxylic acids is 4. The van der Waals surface area contributed by atoms with Crippen LogP contribution in [0.25, 0.3) is 11.1 Å². The molecule has 2 aliphatic heterocycles. The van der Waals surface area contributed by atoms with Crippen molar-refractivity contribution in [2.24, 2.45) is 0 Å². The number of hydrogen-bond acceptors (Lipinski definition) is 6. The third-order valence-electron chi connectivity index (χ3n) is 6.39. The molecule has 11 heteroatoms. The van der Waals surface area contributed by atoms with E-state index in [1.807, 2.05) is 0 Å². The Bertz CT molecular complexity index is 1260. The maximum Gasteiger partial charge on any atom is 0.414 e. The molecule has 0 radical (unpaired) electrons. The molecule has 0 aromatic heterocycles. The van der Waals surface area contributed by atoms with Crippen LogP contribution in [-0.2, 0) is 25.6 Å². The summed E-state index contributed by atoms with van der Waals surface area (Å²) in [7, 11) is 0. The second-order valence-corrected chi connectivity index (χ2v) is 10.6. The molecule has 2 atom stereocenters. The molecule has 2 saturated heterocycles. The van der Waals surface area contributed by atoms with E-state index in [0.717, 1.165) is 0 Å². The van der Waals surface area contributed by atoms with Gasteiger partial charge in [0.25, 0.3) is 0 Å². The Kier molecular flexibility index (Phi) is 8.08. The van der Waals surface area contributed by atoms with Gasteiger partial charge < -0.3 is 20.1 Å². The molecule has 4 rings (SSSR count). The van der Waals surface area contributed by atoms with Crippen LogP contribution in [0.4, 0.5) is 19.7 Å². The number of amides is 4. The standard InChI is InChI=1S/C28H33FN4O6/c1-17(34)30-15-21-16-33(26(36)38-21)20-8-6-19(7-9-20)22-10-5-18(13-23(22)29)14-31-25(35)24-11-12-32(24)27(37)39-28(2,3)4/h5-10,13,21,24H,11-12,14-16H2,1-4H3,(H,30,34)(H,31,35)/t21-,24?/m0/s1. The van der Waals surface area contributed by atoms with E-state index in [9.17, 15) is 23.6 Å². The smallest absolute Gasteiger partial charge is 0.414 e. The number of hydrogen-bond donors (Lipinski definition) is 2. The molecule has 0 aliphatic carbocycles. The maximum absolute atomic E-state index is 15.0. The highest BCUT2D eigenvalue weighted by Gasteiger charge is 2.39. The Morgan fingerprint density at radius 2 is 1.82 bits per heavy atom. The zero-order valence-corrected chi connectivity index (χ0v) is 22.5. The predicted octanol–water partition coefficient (Wildman–Crippen LogP) is 3.58. The monoisotopic (exact) mass is 540 g/mol. The minimum atomic E-state index is -0.648. The average Bonchev–Trinajstić information content (AvgIpc) is 3.20. The van der Waals surface area contributed by atoms with Crippen molar-refractivity contribution in [1.82, 2.24) is 15.5 Å². The first kappa shape index (κ1) is 27.9. The summed E-state index contributed by atoms with van der Waals surface area (Å²) in [5.41, 5.74) is 1.53. The number of halogens is 1. The van der Waals surface area contributed by atoms with Gasteiger partial charge in [-0.25, -0.2) is 14.0 Å². The average molecular weight is 541 g/mol. The fourth-order valence-electron chi connectivity index (χ4n) is 4.33. The summed E-state index contributed by atoms with van der Waals surface area (Å²) in [4.78, 5) is 51.0. The quantitative estimate of drug-likeness (QED) is 0.555. The molecule has 4 amide bonds. The lowest BCUT2D eigenvalue weighted by Gasteiger charge is -2.40. The van der Waals surface area contributed by atoms with Gasteiger partial charge in [0.15, 0.2) is 0 Å². The van der Waals surface area contributed by atoms with Crippen molar-refractivity contribution in [3.05, 3.63) is 53.8 Å². The van der Waals surface area contributed by atoms with E-state index in [4.69, 9.17) is 9.47 Å². The molecule has 0 bridgehead atoms. The molecule has 2 heterocycles. The second-order valence-electron chi connectivity index (χ2n) is 10.6. The van der Waals surface area contributed by atoms with Crippen molar-refractivity contribution in [2.45, 2.75) is 58.4 Å². The molecule has 2 N–H and O–H groups in total. The van der Waals surface area contributed by atoms with Crippen LogP contribution in [-0.4, -0.2) is 66.3 Å². The highest BCUT2D eigenvalue weighted by Crippen LogP contribution is 2.28. The molecular formula is C28H33FN4O6. The highest BCUT2D eigenvalue weighted by atomic mass is 19.1. The molecule has 2 aliphatic rings. The third kappa shape index (κ3) is 6.84. The number of rotatable bonds is 7. The van der Waals surface area contributed by atoms with Gasteiger partial charge in [-0.3, -0.25) is 19.4 Å². The molecule has 1 unspecified atom stereocenters. The van der Waals surface area contributed by atoms with Gasteiger partial charge in [0.1, 0.15) is 23.6 Å². The first-order valence-electron chi connectivity index (χ1n) is 12.8. The van der Waals surface area contributed by atoms with E-state index in [1.165, 1.54) is 22.8 Å². The summed E-state index contributed by atoms with van der Waals surface area (Å²) in [6.07, 6.45) is -0.941. The van der Waals surface area contributed by atoms with Crippen LogP contribution in [0.5, 0.6) is 0 Å². The van der Waals surface area contributed by atoms with Crippen LogP contribution >= 0.6 is 0 Å². The van der Waals surface area contributed by atoms with E-state index < -0.39 is 35.8 Å². The zero-order valence-electron chi connectivity index (χ0n) is 22.5. The molecule has 10 nitrogen and oxygen atoms in total. The Morgan fingerprint density at radius 1 is 1.10 bits per heavy atom. The number of anilines is 1. The van der Waals surface area contributed by atoms with Gasteiger partial charge in [-0.1, -0.05) is 24.3 Å². The van der Waals surface area contributed by atoms with Gasteiger partial charge in [-0.15, -0.1) is 0 Å². The number of nitrogens with one attached hydrogen (secondary N) is 2. The van der Waals surface area contributed by atoms with Crippen molar-refractivity contribution in [3.63, 3.8) is 0 Å². The Labute approximate surface area is 226 Å². The largest absolute Gasteiger partial charge is 0.444 e. The van der Waals surface area contributed by atoms with Crippen molar-refractivity contribution in [3.8, 4) is 11.1 Å².